The first-order valence-corrected chi connectivity index (χ1v) is 8.09. The Hall–Kier alpha value is -1.46. The highest BCUT2D eigenvalue weighted by molar-refractivity contribution is 5.79. The molecule has 4 nitrogen and oxygen atoms in total. The molecule has 1 aromatic carbocycles. The lowest BCUT2D eigenvalue weighted by Crippen LogP contribution is -2.45. The number of hydrogen-bond acceptors (Lipinski definition) is 3. The molecule has 1 heterocycles. The van der Waals surface area contributed by atoms with Crippen molar-refractivity contribution in [2.24, 2.45) is 5.92 Å². The van der Waals surface area contributed by atoms with Crippen molar-refractivity contribution in [3.8, 4) is 0 Å². The lowest BCUT2D eigenvalue weighted by molar-refractivity contribution is -0.127. The van der Waals surface area contributed by atoms with Gasteiger partial charge in [-0.05, 0) is 30.5 Å². The van der Waals surface area contributed by atoms with Gasteiger partial charge in [-0.25, -0.2) is 4.39 Å². The number of nitrogens with one attached hydrogen (secondary N) is 1. The molecule has 0 radical (unpaired) electrons. The third kappa shape index (κ3) is 3.65. The van der Waals surface area contributed by atoms with E-state index < -0.39 is 0 Å². The van der Waals surface area contributed by atoms with Gasteiger partial charge in [0.25, 0.3) is 0 Å². The van der Waals surface area contributed by atoms with Crippen molar-refractivity contribution in [3.63, 3.8) is 0 Å². The summed E-state index contributed by atoms with van der Waals surface area (Å²) in [6.07, 6.45) is 3.16. The van der Waals surface area contributed by atoms with Crippen molar-refractivity contribution in [2.45, 2.75) is 25.3 Å². The molecule has 1 aliphatic heterocycles. The van der Waals surface area contributed by atoms with Gasteiger partial charge in [0.1, 0.15) is 5.82 Å². The Bertz CT molecular complexity index is 496. The third-order valence-electron chi connectivity index (χ3n) is 4.69. The zero-order valence-electron chi connectivity index (χ0n) is 12.8. The smallest absolute Gasteiger partial charge is 0.223 e. The van der Waals surface area contributed by atoms with Crippen LogP contribution in [0.1, 0.15) is 30.9 Å². The average molecular weight is 306 g/mol. The highest BCUT2D eigenvalue weighted by Crippen LogP contribution is 2.27. The van der Waals surface area contributed by atoms with E-state index in [0.29, 0.717) is 19.8 Å². The summed E-state index contributed by atoms with van der Waals surface area (Å²) in [5.74, 6) is 0.119. The molecule has 1 aromatic rings. The van der Waals surface area contributed by atoms with E-state index in [1.54, 1.807) is 0 Å². The van der Waals surface area contributed by atoms with E-state index in [1.165, 1.54) is 12.1 Å². The van der Waals surface area contributed by atoms with Crippen molar-refractivity contribution in [1.82, 2.24) is 10.2 Å². The maximum absolute atomic E-state index is 13.2. The molecular formula is C17H23FN2O2. The van der Waals surface area contributed by atoms with Crippen molar-refractivity contribution in [3.05, 3.63) is 35.6 Å². The largest absolute Gasteiger partial charge is 0.379 e. The molecule has 0 spiro atoms. The molecular weight excluding hydrogens is 283 g/mol. The number of amides is 1. The SMILES string of the molecule is O=C(NC[C@H](c1ccc(F)cc1)N1CCOCC1)C1CCC1. The average Bonchev–Trinajstić information content (AvgIpc) is 2.48. The van der Waals surface area contributed by atoms with Crippen LogP contribution in [0, 0.1) is 11.7 Å². The van der Waals surface area contributed by atoms with Crippen molar-refractivity contribution in [2.75, 3.05) is 32.8 Å². The van der Waals surface area contributed by atoms with Gasteiger partial charge < -0.3 is 10.1 Å². The normalized spacial score (nSPS) is 21.1. The number of benzene rings is 1. The lowest BCUT2D eigenvalue weighted by Gasteiger charge is -2.35. The first kappa shape index (κ1) is 15.4. The van der Waals surface area contributed by atoms with E-state index in [4.69, 9.17) is 4.74 Å². The van der Waals surface area contributed by atoms with Gasteiger partial charge in [-0.3, -0.25) is 9.69 Å². The zero-order chi connectivity index (χ0) is 15.4. The van der Waals surface area contributed by atoms with Gasteiger partial charge >= 0.3 is 0 Å². The molecule has 3 rings (SSSR count). The fourth-order valence-electron chi connectivity index (χ4n) is 3.04. The summed E-state index contributed by atoms with van der Waals surface area (Å²) in [4.78, 5) is 14.4. The van der Waals surface area contributed by atoms with E-state index >= 15 is 0 Å². The Morgan fingerprint density at radius 2 is 1.95 bits per heavy atom. The minimum Gasteiger partial charge on any atom is -0.379 e. The van der Waals surface area contributed by atoms with Crippen LogP contribution >= 0.6 is 0 Å². The summed E-state index contributed by atoms with van der Waals surface area (Å²) >= 11 is 0. The highest BCUT2D eigenvalue weighted by atomic mass is 19.1. The van der Waals surface area contributed by atoms with Gasteiger partial charge in [0.15, 0.2) is 0 Å². The maximum atomic E-state index is 13.2. The Morgan fingerprint density at radius 3 is 2.55 bits per heavy atom. The summed E-state index contributed by atoms with van der Waals surface area (Å²) in [7, 11) is 0. The quantitative estimate of drug-likeness (QED) is 0.906. The minimum absolute atomic E-state index is 0.0773. The standard InChI is InChI=1S/C17H23FN2O2/c18-15-6-4-13(5-7-15)16(20-8-10-22-11-9-20)12-19-17(21)14-2-1-3-14/h4-7,14,16H,1-3,8-12H2,(H,19,21)/t16-/m1/s1. The fraction of sp³-hybridized carbons (Fsp3) is 0.588. The number of hydrogen-bond donors (Lipinski definition) is 1. The molecule has 120 valence electrons. The van der Waals surface area contributed by atoms with Crippen LogP contribution in [0.2, 0.25) is 0 Å². The Labute approximate surface area is 130 Å². The first-order valence-electron chi connectivity index (χ1n) is 8.09. The van der Waals surface area contributed by atoms with E-state index in [-0.39, 0.29) is 23.7 Å². The zero-order valence-corrected chi connectivity index (χ0v) is 12.8. The van der Waals surface area contributed by atoms with Crippen LogP contribution in [0.15, 0.2) is 24.3 Å². The number of carbonyl (C=O) groups excluding carboxylic acids is 1. The lowest BCUT2D eigenvalue weighted by atomic mass is 9.85. The second kappa shape index (κ2) is 7.20. The minimum atomic E-state index is -0.233. The van der Waals surface area contributed by atoms with Gasteiger partial charge in [0.05, 0.1) is 19.3 Å². The summed E-state index contributed by atoms with van der Waals surface area (Å²) in [6, 6.07) is 6.66. The van der Waals surface area contributed by atoms with Gasteiger partial charge in [-0.15, -0.1) is 0 Å². The van der Waals surface area contributed by atoms with Crippen LogP contribution in [0.4, 0.5) is 4.39 Å². The molecule has 1 N–H and O–H groups in total. The van der Waals surface area contributed by atoms with Gasteiger partial charge in [0.2, 0.25) is 5.91 Å². The Kier molecular flexibility index (Phi) is 5.05. The summed E-state index contributed by atoms with van der Waals surface area (Å²) in [6.45, 7) is 3.65. The number of ether oxygens (including phenoxy) is 1. The number of morpholine rings is 1. The molecule has 5 heteroatoms. The number of carbonyl (C=O) groups is 1. The van der Waals surface area contributed by atoms with Crippen LogP contribution < -0.4 is 5.32 Å². The van der Waals surface area contributed by atoms with Crippen LogP contribution in [0.25, 0.3) is 0 Å². The number of rotatable bonds is 5. The summed E-state index contributed by atoms with van der Waals surface area (Å²) in [5, 5.41) is 3.08. The number of halogens is 1. The second-order valence-corrected chi connectivity index (χ2v) is 6.09. The fourth-order valence-corrected chi connectivity index (χ4v) is 3.04. The summed E-state index contributed by atoms with van der Waals surface area (Å²) < 4.78 is 18.6. The van der Waals surface area contributed by atoms with Gasteiger partial charge in [-0.1, -0.05) is 18.6 Å². The molecule has 2 aliphatic rings. The van der Waals surface area contributed by atoms with E-state index in [2.05, 4.69) is 10.2 Å². The highest BCUT2D eigenvalue weighted by Gasteiger charge is 2.27. The Balaban J connectivity index is 1.67. The van der Waals surface area contributed by atoms with Gasteiger partial charge in [0, 0.05) is 25.6 Å². The van der Waals surface area contributed by atoms with E-state index in [1.807, 2.05) is 12.1 Å². The van der Waals surface area contributed by atoms with Crippen LogP contribution in [0.3, 0.4) is 0 Å². The van der Waals surface area contributed by atoms with Crippen molar-refractivity contribution < 1.29 is 13.9 Å². The van der Waals surface area contributed by atoms with Crippen molar-refractivity contribution >= 4 is 5.91 Å². The van der Waals surface area contributed by atoms with Gasteiger partial charge in [-0.2, -0.15) is 0 Å². The molecule has 1 aliphatic carbocycles. The third-order valence-corrected chi connectivity index (χ3v) is 4.69. The van der Waals surface area contributed by atoms with Crippen LogP contribution in [-0.4, -0.2) is 43.7 Å². The molecule has 22 heavy (non-hydrogen) atoms. The van der Waals surface area contributed by atoms with Crippen LogP contribution in [0.5, 0.6) is 0 Å². The topological polar surface area (TPSA) is 41.6 Å². The van der Waals surface area contributed by atoms with E-state index in [0.717, 1.165) is 37.9 Å². The van der Waals surface area contributed by atoms with Crippen molar-refractivity contribution in [1.29, 1.82) is 0 Å². The predicted octanol–water partition coefficient (Wildman–Crippen LogP) is 2.12. The molecule has 1 amide bonds. The molecule has 0 aromatic heterocycles. The Morgan fingerprint density at radius 1 is 1.27 bits per heavy atom. The van der Waals surface area contributed by atoms with E-state index in [9.17, 15) is 9.18 Å². The van der Waals surface area contributed by atoms with Crippen LogP contribution in [-0.2, 0) is 9.53 Å². The molecule has 2 fully saturated rings. The molecule has 0 unspecified atom stereocenters. The second-order valence-electron chi connectivity index (χ2n) is 6.09. The molecule has 1 saturated heterocycles. The first-order chi connectivity index (χ1) is 10.7. The monoisotopic (exact) mass is 306 g/mol. The maximum Gasteiger partial charge on any atom is 0.223 e. The number of nitrogens with zero attached hydrogens (tertiary/aromatic N) is 1. The summed E-state index contributed by atoms with van der Waals surface area (Å²) in [5.41, 5.74) is 1.04. The molecule has 1 atom stereocenters. The molecule has 0 bridgehead atoms. The predicted molar refractivity (Wildman–Crippen MR) is 81.9 cm³/mol. The molecule has 1 saturated carbocycles.